The van der Waals surface area contributed by atoms with Crippen LogP contribution in [-0.4, -0.2) is 38.5 Å². The Morgan fingerprint density at radius 3 is 2.66 bits per heavy atom. The second-order valence-electron chi connectivity index (χ2n) is 6.87. The van der Waals surface area contributed by atoms with E-state index >= 15 is 0 Å². The van der Waals surface area contributed by atoms with E-state index in [1.165, 1.54) is 30.6 Å². The summed E-state index contributed by atoms with van der Waals surface area (Å²) >= 11 is 0. The van der Waals surface area contributed by atoms with Gasteiger partial charge in [0.25, 0.3) is 5.91 Å². The van der Waals surface area contributed by atoms with Gasteiger partial charge in [0.15, 0.2) is 0 Å². The number of benzene rings is 2. The van der Waals surface area contributed by atoms with Crippen LogP contribution in [0.15, 0.2) is 73.3 Å². The molecule has 0 saturated heterocycles. The van der Waals surface area contributed by atoms with E-state index in [1.807, 2.05) is 23.8 Å². The van der Waals surface area contributed by atoms with Gasteiger partial charge in [-0.3, -0.25) is 9.36 Å². The molecule has 0 saturated carbocycles. The maximum Gasteiger partial charge on any atom is 0.251 e. The van der Waals surface area contributed by atoms with Crippen LogP contribution in [0.5, 0.6) is 11.5 Å². The largest absolute Gasteiger partial charge is 0.457 e. The fourth-order valence-electron chi connectivity index (χ4n) is 3.00. The number of halogens is 1. The van der Waals surface area contributed by atoms with Crippen molar-refractivity contribution in [2.45, 2.75) is 6.92 Å². The van der Waals surface area contributed by atoms with Crippen molar-refractivity contribution in [1.82, 2.24) is 24.8 Å². The number of anilines is 1. The first-order valence-electron chi connectivity index (χ1n) is 9.96. The van der Waals surface area contributed by atoms with E-state index in [0.29, 0.717) is 41.8 Å². The summed E-state index contributed by atoms with van der Waals surface area (Å²) in [7, 11) is 0. The predicted molar refractivity (Wildman–Crippen MR) is 118 cm³/mol. The summed E-state index contributed by atoms with van der Waals surface area (Å²) in [5.41, 5.74) is 0.463. The maximum atomic E-state index is 13.0. The lowest BCUT2D eigenvalue weighted by Crippen LogP contribution is -2.28. The summed E-state index contributed by atoms with van der Waals surface area (Å²) in [5.74, 6) is 2.59. The Kier molecular flexibility index (Phi) is 6.35. The van der Waals surface area contributed by atoms with Crippen molar-refractivity contribution in [2.24, 2.45) is 0 Å². The van der Waals surface area contributed by atoms with Crippen molar-refractivity contribution in [2.75, 3.05) is 18.4 Å². The minimum absolute atomic E-state index is 0.228. The number of hydrogen-bond donors (Lipinski definition) is 2. The van der Waals surface area contributed by atoms with Gasteiger partial charge >= 0.3 is 0 Å². The molecule has 0 radical (unpaired) electrons. The lowest BCUT2D eigenvalue weighted by Gasteiger charge is -2.10. The molecule has 1 amide bonds. The number of amides is 1. The van der Waals surface area contributed by atoms with Crippen molar-refractivity contribution >= 4 is 11.7 Å². The van der Waals surface area contributed by atoms with E-state index < -0.39 is 0 Å². The Morgan fingerprint density at radius 2 is 1.88 bits per heavy atom. The highest BCUT2D eigenvalue weighted by Crippen LogP contribution is 2.22. The molecule has 0 aliphatic carbocycles. The lowest BCUT2D eigenvalue weighted by molar-refractivity contribution is 0.0955. The molecule has 4 aromatic rings. The molecule has 0 spiro atoms. The first-order valence-corrected chi connectivity index (χ1v) is 9.96. The highest BCUT2D eigenvalue weighted by atomic mass is 19.1. The highest BCUT2D eigenvalue weighted by molar-refractivity contribution is 5.94. The van der Waals surface area contributed by atoms with E-state index in [4.69, 9.17) is 4.74 Å². The van der Waals surface area contributed by atoms with Gasteiger partial charge < -0.3 is 15.4 Å². The van der Waals surface area contributed by atoms with Gasteiger partial charge in [0.2, 0.25) is 0 Å². The molecule has 4 rings (SSSR count). The number of carbonyl (C=O) groups is 1. The molecule has 0 atom stereocenters. The van der Waals surface area contributed by atoms with Crippen LogP contribution in [0.25, 0.3) is 5.82 Å². The van der Waals surface area contributed by atoms with Crippen molar-refractivity contribution in [1.29, 1.82) is 0 Å². The fourth-order valence-corrected chi connectivity index (χ4v) is 3.00. The number of nitrogens with one attached hydrogen (secondary N) is 2. The van der Waals surface area contributed by atoms with Crippen LogP contribution in [0.1, 0.15) is 16.2 Å². The summed E-state index contributed by atoms with van der Waals surface area (Å²) in [6, 6.07) is 14.3. The summed E-state index contributed by atoms with van der Waals surface area (Å²) in [5, 5.41) is 6.02. The number of aromatic nitrogens is 4. The SMILES string of the molecule is Cc1nccn1-c1cc(NCCNC(=O)c2cccc(Oc3ccc(F)cc3)c2)ncn1. The number of nitrogens with zero attached hydrogens (tertiary/aromatic N) is 4. The normalized spacial score (nSPS) is 10.6. The summed E-state index contributed by atoms with van der Waals surface area (Å²) in [6.07, 6.45) is 5.01. The molecule has 8 nitrogen and oxygen atoms in total. The molecule has 32 heavy (non-hydrogen) atoms. The average molecular weight is 432 g/mol. The molecule has 2 aromatic heterocycles. The molecule has 162 valence electrons. The van der Waals surface area contributed by atoms with Gasteiger partial charge in [-0.1, -0.05) is 6.07 Å². The molecule has 9 heteroatoms. The third-order valence-electron chi connectivity index (χ3n) is 4.59. The third kappa shape index (κ3) is 5.25. The Bertz CT molecular complexity index is 1210. The molecule has 0 bridgehead atoms. The Balaban J connectivity index is 1.29. The molecule has 2 heterocycles. The minimum Gasteiger partial charge on any atom is -0.457 e. The zero-order chi connectivity index (χ0) is 22.3. The number of aryl methyl sites for hydroxylation is 1. The van der Waals surface area contributed by atoms with Gasteiger partial charge in [-0.2, -0.15) is 0 Å². The quantitative estimate of drug-likeness (QED) is 0.412. The Morgan fingerprint density at radius 1 is 1.03 bits per heavy atom. The molecule has 0 aliphatic rings. The number of carbonyl (C=O) groups excluding carboxylic acids is 1. The summed E-state index contributed by atoms with van der Waals surface area (Å²) in [6.45, 7) is 2.77. The zero-order valence-electron chi connectivity index (χ0n) is 17.3. The van der Waals surface area contributed by atoms with Crippen LogP contribution in [0, 0.1) is 12.7 Å². The van der Waals surface area contributed by atoms with Gasteiger partial charge in [0.1, 0.15) is 41.1 Å². The van der Waals surface area contributed by atoms with Crippen molar-refractivity contribution < 1.29 is 13.9 Å². The van der Waals surface area contributed by atoms with Crippen LogP contribution in [0.2, 0.25) is 0 Å². The first-order chi connectivity index (χ1) is 15.6. The average Bonchev–Trinajstić information content (AvgIpc) is 3.24. The van der Waals surface area contributed by atoms with Crippen LogP contribution in [-0.2, 0) is 0 Å². The molecule has 0 unspecified atom stereocenters. The smallest absolute Gasteiger partial charge is 0.251 e. The fraction of sp³-hybridized carbons (Fsp3) is 0.130. The lowest BCUT2D eigenvalue weighted by atomic mass is 10.2. The second-order valence-corrected chi connectivity index (χ2v) is 6.87. The number of rotatable bonds is 8. The van der Waals surface area contributed by atoms with E-state index in [2.05, 4.69) is 25.6 Å². The molecular weight excluding hydrogens is 411 g/mol. The van der Waals surface area contributed by atoms with E-state index in [-0.39, 0.29) is 11.7 Å². The van der Waals surface area contributed by atoms with Gasteiger partial charge in [-0.25, -0.2) is 19.3 Å². The first kappa shape index (κ1) is 21.0. The van der Waals surface area contributed by atoms with Crippen LogP contribution >= 0.6 is 0 Å². The van der Waals surface area contributed by atoms with Crippen molar-refractivity contribution in [3.8, 4) is 17.3 Å². The summed E-state index contributed by atoms with van der Waals surface area (Å²) < 4.78 is 20.6. The second kappa shape index (κ2) is 9.69. The van der Waals surface area contributed by atoms with Gasteiger partial charge in [0.05, 0.1) is 0 Å². The zero-order valence-corrected chi connectivity index (χ0v) is 17.3. The Hall–Kier alpha value is -4.27. The number of ether oxygens (including phenoxy) is 1. The van der Waals surface area contributed by atoms with Crippen LogP contribution in [0.4, 0.5) is 10.2 Å². The maximum absolute atomic E-state index is 13.0. The van der Waals surface area contributed by atoms with Gasteiger partial charge in [-0.05, 0) is 49.4 Å². The molecule has 2 N–H and O–H groups in total. The molecule has 0 aliphatic heterocycles. The number of hydrogen-bond acceptors (Lipinski definition) is 6. The number of imidazole rings is 1. The predicted octanol–water partition coefficient (Wildman–Crippen LogP) is 3.74. The minimum atomic E-state index is -0.339. The topological polar surface area (TPSA) is 94.0 Å². The van der Waals surface area contributed by atoms with E-state index in [0.717, 1.165) is 5.82 Å². The van der Waals surface area contributed by atoms with E-state index in [1.54, 1.807) is 30.5 Å². The molecule has 0 fully saturated rings. The Labute approximate surface area is 184 Å². The van der Waals surface area contributed by atoms with Crippen molar-refractivity contribution in [3.63, 3.8) is 0 Å². The standard InChI is InChI=1S/C23H21FN6O2/c1-16-25-11-12-30(16)22-14-21(28-15-29-22)26-9-10-27-23(31)17-3-2-4-20(13-17)32-19-7-5-18(24)6-8-19/h2-8,11-15H,9-10H2,1H3,(H,27,31)(H,26,28,29). The molecular formula is C23H21FN6O2. The highest BCUT2D eigenvalue weighted by Gasteiger charge is 2.08. The monoisotopic (exact) mass is 432 g/mol. The van der Waals surface area contributed by atoms with Crippen LogP contribution in [0.3, 0.4) is 0 Å². The van der Waals surface area contributed by atoms with Crippen molar-refractivity contribution in [3.05, 3.63) is 90.5 Å². The van der Waals surface area contributed by atoms with Gasteiger partial charge in [-0.15, -0.1) is 0 Å². The van der Waals surface area contributed by atoms with E-state index in [9.17, 15) is 9.18 Å². The summed E-state index contributed by atoms with van der Waals surface area (Å²) in [4.78, 5) is 25.1. The molecule has 2 aromatic carbocycles. The van der Waals surface area contributed by atoms with Crippen LogP contribution < -0.4 is 15.4 Å². The third-order valence-corrected chi connectivity index (χ3v) is 4.59. The van der Waals surface area contributed by atoms with Gasteiger partial charge in [0, 0.05) is 37.1 Å².